The van der Waals surface area contributed by atoms with Gasteiger partial charge in [0, 0.05) is 25.4 Å². The van der Waals surface area contributed by atoms with Gasteiger partial charge in [0.1, 0.15) is 5.82 Å². The summed E-state index contributed by atoms with van der Waals surface area (Å²) in [6.07, 6.45) is 3.91. The lowest BCUT2D eigenvalue weighted by atomic mass is 9.98. The van der Waals surface area contributed by atoms with Crippen molar-refractivity contribution in [3.63, 3.8) is 0 Å². The van der Waals surface area contributed by atoms with Gasteiger partial charge in [-0.25, -0.2) is 4.98 Å². The van der Waals surface area contributed by atoms with Crippen molar-refractivity contribution in [2.24, 2.45) is 0 Å². The summed E-state index contributed by atoms with van der Waals surface area (Å²) in [7, 11) is 0. The minimum Gasteiger partial charge on any atom is -0.466 e. The van der Waals surface area contributed by atoms with Gasteiger partial charge in [0.2, 0.25) is 11.2 Å². The van der Waals surface area contributed by atoms with Crippen LogP contribution in [0.5, 0.6) is 0 Å². The number of halogens is 1. The summed E-state index contributed by atoms with van der Waals surface area (Å²) in [6, 6.07) is -0.0568. The van der Waals surface area contributed by atoms with Crippen molar-refractivity contribution in [2.45, 2.75) is 51.5 Å². The number of H-pyrrole nitrogens is 1. The Morgan fingerprint density at radius 1 is 1.45 bits per heavy atom. The summed E-state index contributed by atoms with van der Waals surface area (Å²) >= 11 is 5.63. The molecule has 1 atom stereocenters. The van der Waals surface area contributed by atoms with E-state index in [2.05, 4.69) is 15.2 Å². The van der Waals surface area contributed by atoms with E-state index in [1.165, 1.54) is 0 Å². The van der Waals surface area contributed by atoms with Crippen LogP contribution in [-0.2, 0) is 20.7 Å². The molecule has 7 nitrogen and oxygen atoms in total. The van der Waals surface area contributed by atoms with Crippen molar-refractivity contribution in [1.82, 2.24) is 20.1 Å². The van der Waals surface area contributed by atoms with Crippen LogP contribution in [0.1, 0.15) is 44.9 Å². The summed E-state index contributed by atoms with van der Waals surface area (Å²) in [6.45, 7) is 2.84. The number of carbonyl (C=O) groups is 2. The van der Waals surface area contributed by atoms with E-state index in [0.29, 0.717) is 31.8 Å². The van der Waals surface area contributed by atoms with Gasteiger partial charge in [-0.1, -0.05) is 0 Å². The van der Waals surface area contributed by atoms with Crippen LogP contribution < -0.4 is 0 Å². The summed E-state index contributed by atoms with van der Waals surface area (Å²) in [5.74, 6) is 0.382. The third-order valence-electron chi connectivity index (χ3n) is 3.74. The Bertz CT molecular complexity index is 520. The number of likely N-dealkylation sites (tertiary alicyclic amines) is 1. The van der Waals surface area contributed by atoms with Crippen LogP contribution in [0, 0.1) is 0 Å². The van der Waals surface area contributed by atoms with Gasteiger partial charge in [-0.2, -0.15) is 0 Å². The fourth-order valence-electron chi connectivity index (χ4n) is 2.71. The molecule has 1 aromatic heterocycles. The number of amides is 1. The first-order chi connectivity index (χ1) is 10.6. The predicted molar refractivity (Wildman–Crippen MR) is 80.3 cm³/mol. The number of aromatic nitrogens is 3. The van der Waals surface area contributed by atoms with Crippen LogP contribution in [0.3, 0.4) is 0 Å². The van der Waals surface area contributed by atoms with E-state index < -0.39 is 0 Å². The molecule has 1 aliphatic heterocycles. The molecular formula is C14H21ClN4O3. The van der Waals surface area contributed by atoms with Crippen molar-refractivity contribution in [1.29, 1.82) is 0 Å². The number of nitrogens with one attached hydrogen (secondary N) is 1. The van der Waals surface area contributed by atoms with E-state index in [1.54, 1.807) is 11.8 Å². The van der Waals surface area contributed by atoms with Gasteiger partial charge in [-0.3, -0.25) is 14.7 Å². The molecule has 0 aliphatic carbocycles. The molecule has 2 heterocycles. The van der Waals surface area contributed by atoms with E-state index >= 15 is 0 Å². The lowest BCUT2D eigenvalue weighted by Gasteiger charge is -2.35. The Morgan fingerprint density at radius 3 is 2.95 bits per heavy atom. The van der Waals surface area contributed by atoms with Gasteiger partial charge in [-0.05, 0) is 37.8 Å². The molecule has 0 unspecified atom stereocenters. The zero-order chi connectivity index (χ0) is 15.9. The quantitative estimate of drug-likeness (QED) is 0.803. The van der Waals surface area contributed by atoms with Crippen molar-refractivity contribution in [3.05, 3.63) is 11.1 Å². The molecule has 22 heavy (non-hydrogen) atoms. The van der Waals surface area contributed by atoms with E-state index in [0.717, 1.165) is 19.3 Å². The largest absolute Gasteiger partial charge is 0.466 e. The number of aryl methyl sites for hydroxylation is 1. The van der Waals surface area contributed by atoms with Gasteiger partial charge in [0.15, 0.2) is 0 Å². The molecule has 0 spiro atoms. The first kappa shape index (κ1) is 16.7. The number of esters is 1. The number of hydrogen-bond acceptors (Lipinski definition) is 5. The zero-order valence-corrected chi connectivity index (χ0v) is 13.4. The summed E-state index contributed by atoms with van der Waals surface area (Å²) in [5.41, 5.74) is 0. The van der Waals surface area contributed by atoms with Gasteiger partial charge >= 0.3 is 5.97 Å². The third-order valence-corrected chi connectivity index (χ3v) is 3.90. The number of piperidine rings is 1. The Hall–Kier alpha value is -1.63. The monoisotopic (exact) mass is 328 g/mol. The van der Waals surface area contributed by atoms with Crippen LogP contribution in [0.15, 0.2) is 0 Å². The molecule has 0 aromatic carbocycles. The maximum Gasteiger partial charge on any atom is 0.307 e. The Kier molecular flexibility index (Phi) is 6.18. The SMILES string of the molecule is CCOC(=O)C[C@@H]1CCCCN1C(=O)CCc1nc(Cl)n[nH]1. The van der Waals surface area contributed by atoms with Crippen molar-refractivity contribution in [3.8, 4) is 0 Å². The highest BCUT2D eigenvalue weighted by Crippen LogP contribution is 2.21. The molecule has 1 amide bonds. The number of rotatable bonds is 6. The first-order valence-corrected chi connectivity index (χ1v) is 7.99. The molecule has 1 N–H and O–H groups in total. The van der Waals surface area contributed by atoms with E-state index in [9.17, 15) is 9.59 Å². The van der Waals surface area contributed by atoms with Crippen LogP contribution in [0.2, 0.25) is 5.28 Å². The Balaban J connectivity index is 1.88. The van der Waals surface area contributed by atoms with E-state index in [4.69, 9.17) is 16.3 Å². The van der Waals surface area contributed by atoms with Gasteiger partial charge in [0.05, 0.1) is 13.0 Å². The Morgan fingerprint density at radius 2 is 2.27 bits per heavy atom. The standard InChI is InChI=1S/C14H21ClN4O3/c1-2-22-13(21)9-10-5-3-4-8-19(10)12(20)7-6-11-16-14(15)18-17-11/h10H,2-9H2,1H3,(H,16,17,18)/t10-/m0/s1. The first-order valence-electron chi connectivity index (χ1n) is 7.62. The molecule has 1 aliphatic rings. The van der Waals surface area contributed by atoms with Crippen molar-refractivity contribution >= 4 is 23.5 Å². The van der Waals surface area contributed by atoms with Crippen LogP contribution in [-0.4, -0.2) is 51.2 Å². The number of nitrogens with zero attached hydrogens (tertiary/aromatic N) is 3. The van der Waals surface area contributed by atoms with Crippen LogP contribution in [0.4, 0.5) is 0 Å². The lowest BCUT2D eigenvalue weighted by Crippen LogP contribution is -2.45. The molecule has 0 saturated carbocycles. The molecule has 8 heteroatoms. The number of hydrogen-bond donors (Lipinski definition) is 1. The summed E-state index contributed by atoms with van der Waals surface area (Å²) in [4.78, 5) is 29.8. The number of ether oxygens (including phenoxy) is 1. The fourth-order valence-corrected chi connectivity index (χ4v) is 2.85. The predicted octanol–water partition coefficient (Wildman–Crippen LogP) is 1.73. The second kappa shape index (κ2) is 8.12. The normalized spacial score (nSPS) is 18.3. The van der Waals surface area contributed by atoms with Gasteiger partial charge in [0.25, 0.3) is 0 Å². The second-order valence-corrected chi connectivity index (χ2v) is 5.64. The molecule has 1 aromatic rings. The molecule has 1 fully saturated rings. The number of aromatic amines is 1. The van der Waals surface area contributed by atoms with Crippen molar-refractivity contribution in [2.75, 3.05) is 13.2 Å². The van der Waals surface area contributed by atoms with Gasteiger partial charge < -0.3 is 9.64 Å². The lowest BCUT2D eigenvalue weighted by molar-refractivity contribution is -0.146. The zero-order valence-electron chi connectivity index (χ0n) is 12.7. The minimum absolute atomic E-state index is 0.0292. The molecule has 1 saturated heterocycles. The highest BCUT2D eigenvalue weighted by molar-refractivity contribution is 6.28. The van der Waals surface area contributed by atoms with Crippen LogP contribution in [0.25, 0.3) is 0 Å². The molecule has 2 rings (SSSR count). The maximum absolute atomic E-state index is 12.4. The average Bonchev–Trinajstić information content (AvgIpc) is 2.91. The number of carbonyl (C=O) groups excluding carboxylic acids is 2. The fraction of sp³-hybridized carbons (Fsp3) is 0.714. The molecule has 122 valence electrons. The van der Waals surface area contributed by atoms with Crippen molar-refractivity contribution < 1.29 is 14.3 Å². The summed E-state index contributed by atoms with van der Waals surface area (Å²) in [5, 5.41) is 6.56. The summed E-state index contributed by atoms with van der Waals surface area (Å²) < 4.78 is 4.99. The maximum atomic E-state index is 12.4. The highest BCUT2D eigenvalue weighted by atomic mass is 35.5. The average molecular weight is 329 g/mol. The second-order valence-electron chi connectivity index (χ2n) is 5.30. The molecule has 0 radical (unpaired) electrons. The van der Waals surface area contributed by atoms with Crippen LogP contribution >= 0.6 is 11.6 Å². The third kappa shape index (κ3) is 4.69. The highest BCUT2D eigenvalue weighted by Gasteiger charge is 2.28. The molecular weight excluding hydrogens is 308 g/mol. The minimum atomic E-state index is -0.241. The smallest absolute Gasteiger partial charge is 0.307 e. The molecule has 0 bridgehead atoms. The van der Waals surface area contributed by atoms with E-state index in [-0.39, 0.29) is 29.6 Å². The Labute approximate surface area is 134 Å². The van der Waals surface area contributed by atoms with Gasteiger partial charge in [-0.15, -0.1) is 5.10 Å². The topological polar surface area (TPSA) is 88.2 Å². The van der Waals surface area contributed by atoms with E-state index in [1.807, 2.05) is 0 Å².